The van der Waals surface area contributed by atoms with Crippen molar-refractivity contribution in [1.82, 2.24) is 19.3 Å². The number of aromatic nitrogens is 3. The van der Waals surface area contributed by atoms with Gasteiger partial charge in [-0.2, -0.15) is 0 Å². The summed E-state index contributed by atoms with van der Waals surface area (Å²) in [6, 6.07) is 12.0. The van der Waals surface area contributed by atoms with E-state index in [0.29, 0.717) is 24.7 Å². The fourth-order valence-electron chi connectivity index (χ4n) is 4.33. The molecule has 0 spiro atoms. The van der Waals surface area contributed by atoms with Crippen molar-refractivity contribution >= 4 is 22.5 Å². The number of benzene rings is 1. The van der Waals surface area contributed by atoms with Crippen molar-refractivity contribution in [2.45, 2.75) is 25.7 Å². The van der Waals surface area contributed by atoms with Crippen LogP contribution in [0.2, 0.25) is 0 Å². The summed E-state index contributed by atoms with van der Waals surface area (Å²) >= 11 is 0. The molecule has 1 saturated heterocycles. The standard InChI is InChI=1S/C23H22N4O2/c1-15-6-7-21-25-13-19(23(29)27(21)14-15)22(28)26-10-8-16(9-11-26)18-12-24-20-5-3-2-4-17(18)20/h2-7,12-14,16,24H,8-11H2,1H3. The van der Waals surface area contributed by atoms with Gasteiger partial charge in [0.2, 0.25) is 0 Å². The molecule has 0 unspecified atom stereocenters. The highest BCUT2D eigenvalue weighted by Gasteiger charge is 2.27. The van der Waals surface area contributed by atoms with Gasteiger partial charge in [0.05, 0.1) is 0 Å². The number of likely N-dealkylation sites (tertiary alicyclic amines) is 1. The van der Waals surface area contributed by atoms with Crippen molar-refractivity contribution in [2.75, 3.05) is 13.1 Å². The Morgan fingerprint density at radius 3 is 2.76 bits per heavy atom. The molecule has 4 heterocycles. The van der Waals surface area contributed by atoms with E-state index in [1.54, 1.807) is 17.2 Å². The summed E-state index contributed by atoms with van der Waals surface area (Å²) in [6.07, 6.45) is 7.00. The zero-order chi connectivity index (χ0) is 20.0. The second-order valence-corrected chi connectivity index (χ2v) is 7.77. The molecule has 29 heavy (non-hydrogen) atoms. The van der Waals surface area contributed by atoms with Gasteiger partial charge in [-0.25, -0.2) is 4.98 Å². The summed E-state index contributed by atoms with van der Waals surface area (Å²) < 4.78 is 1.46. The lowest BCUT2D eigenvalue weighted by Gasteiger charge is -2.31. The molecule has 1 amide bonds. The number of amides is 1. The van der Waals surface area contributed by atoms with E-state index < -0.39 is 0 Å². The second kappa shape index (κ2) is 6.88. The highest BCUT2D eigenvalue weighted by Crippen LogP contribution is 2.33. The van der Waals surface area contributed by atoms with Gasteiger partial charge in [0.1, 0.15) is 11.2 Å². The van der Waals surface area contributed by atoms with E-state index in [2.05, 4.69) is 34.4 Å². The molecule has 1 aliphatic rings. The van der Waals surface area contributed by atoms with Gasteiger partial charge >= 0.3 is 0 Å². The third-order valence-electron chi connectivity index (χ3n) is 5.92. The molecular formula is C23H22N4O2. The van der Waals surface area contributed by atoms with Crippen molar-refractivity contribution in [3.63, 3.8) is 0 Å². The number of carbonyl (C=O) groups is 1. The normalized spacial score (nSPS) is 15.3. The number of H-pyrrole nitrogens is 1. The maximum atomic E-state index is 13.0. The summed E-state index contributed by atoms with van der Waals surface area (Å²) in [5.41, 5.74) is 3.80. The largest absolute Gasteiger partial charge is 0.361 e. The van der Waals surface area contributed by atoms with E-state index in [0.717, 1.165) is 23.9 Å². The van der Waals surface area contributed by atoms with Crippen molar-refractivity contribution in [1.29, 1.82) is 0 Å². The monoisotopic (exact) mass is 386 g/mol. The lowest BCUT2D eigenvalue weighted by Crippen LogP contribution is -2.40. The van der Waals surface area contributed by atoms with Crippen LogP contribution in [0.5, 0.6) is 0 Å². The smallest absolute Gasteiger partial charge is 0.270 e. The average Bonchev–Trinajstić information content (AvgIpc) is 3.18. The quantitative estimate of drug-likeness (QED) is 0.573. The molecule has 0 atom stereocenters. The third-order valence-corrected chi connectivity index (χ3v) is 5.92. The Labute approximate surface area is 167 Å². The maximum Gasteiger partial charge on any atom is 0.270 e. The van der Waals surface area contributed by atoms with Gasteiger partial charge in [0.25, 0.3) is 11.5 Å². The van der Waals surface area contributed by atoms with Crippen LogP contribution in [-0.2, 0) is 0 Å². The maximum absolute atomic E-state index is 13.0. The van der Waals surface area contributed by atoms with Crippen LogP contribution in [0.3, 0.4) is 0 Å². The van der Waals surface area contributed by atoms with E-state index in [-0.39, 0.29) is 17.0 Å². The van der Waals surface area contributed by atoms with Gasteiger partial charge in [0, 0.05) is 42.6 Å². The first kappa shape index (κ1) is 17.7. The number of fused-ring (bicyclic) bond motifs is 2. The molecule has 0 saturated carbocycles. The zero-order valence-electron chi connectivity index (χ0n) is 16.3. The summed E-state index contributed by atoms with van der Waals surface area (Å²) in [5.74, 6) is 0.185. The van der Waals surface area contributed by atoms with Crippen LogP contribution in [0, 0.1) is 6.92 Å². The molecule has 1 N–H and O–H groups in total. The summed E-state index contributed by atoms with van der Waals surface area (Å²) in [4.78, 5) is 35.3. The number of hydrogen-bond acceptors (Lipinski definition) is 3. The van der Waals surface area contributed by atoms with Gasteiger partial charge in [-0.1, -0.05) is 24.3 Å². The molecular weight excluding hydrogens is 364 g/mol. The first-order chi connectivity index (χ1) is 14.1. The van der Waals surface area contributed by atoms with Gasteiger partial charge < -0.3 is 9.88 Å². The molecule has 1 aromatic carbocycles. The van der Waals surface area contributed by atoms with Gasteiger partial charge in [-0.3, -0.25) is 14.0 Å². The van der Waals surface area contributed by atoms with Crippen LogP contribution < -0.4 is 5.56 Å². The topological polar surface area (TPSA) is 70.5 Å². The lowest BCUT2D eigenvalue weighted by atomic mass is 9.89. The van der Waals surface area contributed by atoms with Gasteiger partial charge in [0.15, 0.2) is 0 Å². The average molecular weight is 386 g/mol. The number of piperidine rings is 1. The highest BCUT2D eigenvalue weighted by atomic mass is 16.2. The molecule has 0 bridgehead atoms. The summed E-state index contributed by atoms with van der Waals surface area (Å²) in [7, 11) is 0. The van der Waals surface area contributed by atoms with Crippen molar-refractivity contribution < 1.29 is 4.79 Å². The van der Waals surface area contributed by atoms with Gasteiger partial charge in [-0.15, -0.1) is 0 Å². The van der Waals surface area contributed by atoms with Crippen LogP contribution in [0.25, 0.3) is 16.6 Å². The van der Waals surface area contributed by atoms with E-state index in [1.807, 2.05) is 19.1 Å². The summed E-state index contributed by atoms with van der Waals surface area (Å²) in [5, 5.41) is 1.25. The van der Waals surface area contributed by atoms with Crippen LogP contribution in [0.4, 0.5) is 0 Å². The molecule has 4 aromatic rings. The Kier molecular flexibility index (Phi) is 4.19. The SMILES string of the molecule is Cc1ccc2ncc(C(=O)N3CCC(c4c[nH]c5ccccc45)CC3)c(=O)n2c1. The van der Waals surface area contributed by atoms with E-state index in [1.165, 1.54) is 21.5 Å². The highest BCUT2D eigenvalue weighted by molar-refractivity contribution is 5.94. The van der Waals surface area contributed by atoms with E-state index in [9.17, 15) is 9.59 Å². The number of aromatic amines is 1. The molecule has 6 heteroatoms. The molecule has 6 nitrogen and oxygen atoms in total. The minimum atomic E-state index is -0.303. The minimum Gasteiger partial charge on any atom is -0.361 e. The Morgan fingerprint density at radius 1 is 1.14 bits per heavy atom. The zero-order valence-corrected chi connectivity index (χ0v) is 16.3. The van der Waals surface area contributed by atoms with Crippen LogP contribution in [0.15, 0.2) is 59.8 Å². The number of nitrogens with zero attached hydrogens (tertiary/aromatic N) is 3. The minimum absolute atomic E-state index is 0.138. The molecule has 0 aliphatic carbocycles. The number of para-hydroxylation sites is 1. The number of carbonyl (C=O) groups excluding carboxylic acids is 1. The van der Waals surface area contributed by atoms with Crippen LogP contribution in [-0.4, -0.2) is 38.3 Å². The molecule has 0 radical (unpaired) electrons. The van der Waals surface area contributed by atoms with Crippen molar-refractivity contribution in [3.8, 4) is 0 Å². The van der Waals surface area contributed by atoms with E-state index >= 15 is 0 Å². The number of nitrogens with one attached hydrogen (secondary N) is 1. The first-order valence-corrected chi connectivity index (χ1v) is 9.95. The van der Waals surface area contributed by atoms with E-state index in [4.69, 9.17) is 0 Å². The Balaban J connectivity index is 1.37. The number of pyridine rings is 1. The number of aryl methyl sites for hydroxylation is 1. The molecule has 3 aromatic heterocycles. The van der Waals surface area contributed by atoms with Crippen molar-refractivity contribution in [3.05, 3.63) is 82.0 Å². The summed E-state index contributed by atoms with van der Waals surface area (Å²) in [6.45, 7) is 3.19. The lowest BCUT2D eigenvalue weighted by molar-refractivity contribution is 0.0711. The molecule has 5 rings (SSSR count). The fraction of sp³-hybridized carbons (Fsp3) is 0.261. The molecule has 1 aliphatic heterocycles. The van der Waals surface area contributed by atoms with Crippen LogP contribution in [0.1, 0.15) is 40.2 Å². The molecule has 1 fully saturated rings. The Bertz CT molecular complexity index is 1280. The number of rotatable bonds is 2. The second-order valence-electron chi connectivity index (χ2n) is 7.77. The Hall–Kier alpha value is -3.41. The van der Waals surface area contributed by atoms with Gasteiger partial charge in [-0.05, 0) is 48.9 Å². The first-order valence-electron chi connectivity index (χ1n) is 9.95. The van der Waals surface area contributed by atoms with Crippen LogP contribution >= 0.6 is 0 Å². The van der Waals surface area contributed by atoms with Crippen molar-refractivity contribution in [2.24, 2.45) is 0 Å². The fourth-order valence-corrected chi connectivity index (χ4v) is 4.33. The predicted molar refractivity (Wildman–Crippen MR) is 112 cm³/mol. The number of hydrogen-bond donors (Lipinski definition) is 1. The molecule has 146 valence electrons. The predicted octanol–water partition coefficient (Wildman–Crippen LogP) is 3.50. The third kappa shape index (κ3) is 3.01. The Morgan fingerprint density at radius 2 is 1.93 bits per heavy atom.